The largest absolute Gasteiger partial charge is 0.462 e. The average molecular weight is 1260 g/mol. The second-order valence-corrected chi connectivity index (χ2v) is 28.5. The lowest BCUT2D eigenvalue weighted by atomic mass is 9.88. The Kier molecular flexibility index (Phi) is 63.2. The van der Waals surface area contributed by atoms with E-state index in [9.17, 15) is 14.4 Å². The van der Waals surface area contributed by atoms with Gasteiger partial charge in [-0.25, -0.2) is 9.59 Å². The van der Waals surface area contributed by atoms with Gasteiger partial charge in [0.1, 0.15) is 0 Å². The molecule has 0 fully saturated rings. The number of halogens is 2. The van der Waals surface area contributed by atoms with Crippen LogP contribution in [0.25, 0.3) is 0 Å². The van der Waals surface area contributed by atoms with Gasteiger partial charge in [-0.3, -0.25) is 4.79 Å². The molecule has 0 N–H and O–H groups in total. The summed E-state index contributed by atoms with van der Waals surface area (Å²) in [6.45, 7) is 17.9. The molecular formula is C80H154F2N2O5. The Balaban J connectivity index is 6.46. The van der Waals surface area contributed by atoms with Crippen molar-refractivity contribution in [2.75, 3.05) is 40.4 Å². The zero-order valence-electron chi connectivity index (χ0n) is 61.2. The molecule has 0 aromatic rings. The van der Waals surface area contributed by atoms with E-state index in [1.165, 1.54) is 218 Å². The van der Waals surface area contributed by atoms with E-state index in [4.69, 9.17) is 9.47 Å². The lowest BCUT2D eigenvalue weighted by molar-refractivity contribution is -0.174. The summed E-state index contributed by atoms with van der Waals surface area (Å²) >= 11 is 0. The highest BCUT2D eigenvalue weighted by Crippen LogP contribution is 2.30. The molecule has 0 spiro atoms. The maximum Gasteiger partial charge on any atom is 0.376 e. The molecule has 0 rings (SSSR count). The second kappa shape index (κ2) is 64.7. The summed E-state index contributed by atoms with van der Waals surface area (Å²) < 4.78 is 42.7. The zero-order valence-corrected chi connectivity index (χ0v) is 61.2. The monoisotopic (exact) mass is 1260 g/mol. The molecule has 0 radical (unpaired) electrons. The molecule has 9 heteroatoms. The summed E-state index contributed by atoms with van der Waals surface area (Å²) in [5.41, 5.74) is 0.907. The highest BCUT2D eigenvalue weighted by Gasteiger charge is 2.40. The molecule has 0 bridgehead atoms. The number of carbonyl (C=O) groups is 3. The lowest BCUT2D eigenvalue weighted by Crippen LogP contribution is -2.41. The van der Waals surface area contributed by atoms with Gasteiger partial charge in [0.2, 0.25) is 5.91 Å². The first-order valence-corrected chi connectivity index (χ1v) is 39.7. The van der Waals surface area contributed by atoms with Crippen molar-refractivity contribution in [2.24, 2.45) is 17.8 Å². The molecule has 89 heavy (non-hydrogen) atoms. The van der Waals surface area contributed by atoms with E-state index >= 15 is 8.78 Å². The number of carbonyl (C=O) groups excluding carboxylic acids is 3. The van der Waals surface area contributed by atoms with Crippen LogP contribution in [0.5, 0.6) is 0 Å². The van der Waals surface area contributed by atoms with Gasteiger partial charge in [-0.15, -0.1) is 0 Å². The molecule has 0 heterocycles. The van der Waals surface area contributed by atoms with E-state index in [0.717, 1.165) is 134 Å². The van der Waals surface area contributed by atoms with E-state index in [-0.39, 0.29) is 36.9 Å². The summed E-state index contributed by atoms with van der Waals surface area (Å²) in [6, 6.07) is 0.122. The van der Waals surface area contributed by atoms with Gasteiger partial charge in [-0.05, 0) is 115 Å². The van der Waals surface area contributed by atoms with Crippen LogP contribution >= 0.6 is 0 Å². The van der Waals surface area contributed by atoms with Gasteiger partial charge >= 0.3 is 17.9 Å². The fourth-order valence-corrected chi connectivity index (χ4v) is 13.4. The van der Waals surface area contributed by atoms with E-state index < -0.39 is 18.3 Å². The topological polar surface area (TPSA) is 76.1 Å². The van der Waals surface area contributed by atoms with Crippen LogP contribution in [0.15, 0.2) is 11.6 Å². The molecule has 4 atom stereocenters. The van der Waals surface area contributed by atoms with Crippen molar-refractivity contribution in [1.29, 1.82) is 0 Å². The van der Waals surface area contributed by atoms with Gasteiger partial charge in [0.25, 0.3) is 0 Å². The van der Waals surface area contributed by atoms with E-state index in [0.29, 0.717) is 37.8 Å². The lowest BCUT2D eigenvalue weighted by Gasteiger charge is -2.33. The number of nitrogens with zero attached hydrogens (tertiary/aromatic N) is 2. The van der Waals surface area contributed by atoms with Crippen molar-refractivity contribution < 1.29 is 32.6 Å². The molecule has 0 aromatic heterocycles. The first-order chi connectivity index (χ1) is 43.3. The molecular weight excluding hydrogens is 1110 g/mol. The minimum Gasteiger partial charge on any atom is -0.462 e. The predicted octanol–water partition coefficient (Wildman–Crippen LogP) is 25.6. The van der Waals surface area contributed by atoms with Crippen molar-refractivity contribution in [3.05, 3.63) is 11.6 Å². The standard InChI is InChI=1S/C80H154F2N2O5/c1-10-17-24-31-35-36-40-51-63-76(84(77(85)65-55-67-83(8)9)68-54-42-41-53-66-80(81,82)79(87)89-71-74(59-46-30-23-16-7)61-49-39-34-27-20-13-4)64-52-43-50-62-75(69-72(56-44-28-21-14-5)57-47-37-32-25-18-11-2)78(86)88-70-73(58-45-29-22-15-6)60-48-38-33-26-19-12-3/h62,72-74,76H,10-61,63-71H2,1-9H3. The molecule has 7 nitrogen and oxygen atoms in total. The van der Waals surface area contributed by atoms with E-state index in [1.807, 2.05) is 0 Å². The summed E-state index contributed by atoms with van der Waals surface area (Å²) in [5.74, 6) is -3.65. The molecule has 1 amide bonds. The minimum absolute atomic E-state index is 0.0746. The van der Waals surface area contributed by atoms with Gasteiger partial charge in [0.05, 0.1) is 13.2 Å². The van der Waals surface area contributed by atoms with Crippen molar-refractivity contribution in [3.8, 4) is 0 Å². The zero-order chi connectivity index (χ0) is 65.5. The summed E-state index contributed by atoms with van der Waals surface area (Å²) in [4.78, 5) is 46.3. The number of ether oxygens (including phenoxy) is 2. The van der Waals surface area contributed by atoms with Crippen molar-refractivity contribution in [1.82, 2.24) is 9.80 Å². The highest BCUT2D eigenvalue weighted by atomic mass is 19.3. The number of allylic oxidation sites excluding steroid dienone is 1. The summed E-state index contributed by atoms with van der Waals surface area (Å²) in [7, 11) is 4.12. The second-order valence-electron chi connectivity index (χ2n) is 28.5. The Morgan fingerprint density at radius 2 is 0.719 bits per heavy atom. The summed E-state index contributed by atoms with van der Waals surface area (Å²) in [5, 5.41) is 0. The quantitative estimate of drug-likeness (QED) is 0.0343. The van der Waals surface area contributed by atoms with Gasteiger partial charge < -0.3 is 19.3 Å². The third-order valence-corrected chi connectivity index (χ3v) is 19.4. The van der Waals surface area contributed by atoms with Crippen molar-refractivity contribution in [3.63, 3.8) is 0 Å². The van der Waals surface area contributed by atoms with Crippen molar-refractivity contribution in [2.45, 2.75) is 426 Å². The number of alkyl halides is 2. The first-order valence-electron chi connectivity index (χ1n) is 39.7. The van der Waals surface area contributed by atoms with E-state index in [2.05, 4.69) is 78.4 Å². The van der Waals surface area contributed by atoms with Crippen LogP contribution in [-0.4, -0.2) is 80.0 Å². The maximum absolute atomic E-state index is 15.4. The number of rotatable bonds is 70. The van der Waals surface area contributed by atoms with Crippen LogP contribution in [0.4, 0.5) is 8.78 Å². The Labute approximate surface area is 553 Å². The Morgan fingerprint density at radius 1 is 0.382 bits per heavy atom. The fourth-order valence-electron chi connectivity index (χ4n) is 13.4. The minimum atomic E-state index is -3.49. The number of unbranched alkanes of at least 4 members (excludes halogenated alkanes) is 36. The Morgan fingerprint density at radius 3 is 1.13 bits per heavy atom. The molecule has 0 saturated heterocycles. The molecule has 0 aliphatic carbocycles. The number of esters is 2. The third-order valence-electron chi connectivity index (χ3n) is 19.4. The molecule has 0 saturated carbocycles. The average Bonchev–Trinajstić information content (AvgIpc) is 3.71. The molecule has 0 aliphatic heterocycles. The first kappa shape index (κ1) is 87.0. The molecule has 0 aromatic carbocycles. The number of amides is 1. The molecule has 0 aliphatic rings. The van der Waals surface area contributed by atoms with Gasteiger partial charge in [0.15, 0.2) is 0 Å². The van der Waals surface area contributed by atoms with Crippen LogP contribution in [0.1, 0.15) is 414 Å². The van der Waals surface area contributed by atoms with E-state index in [1.54, 1.807) is 0 Å². The van der Waals surface area contributed by atoms with Gasteiger partial charge in [-0.1, -0.05) is 331 Å². The smallest absolute Gasteiger partial charge is 0.376 e. The Bertz CT molecular complexity index is 1570. The summed E-state index contributed by atoms with van der Waals surface area (Å²) in [6.07, 6.45) is 64.3. The number of hydrogen-bond acceptors (Lipinski definition) is 6. The predicted molar refractivity (Wildman–Crippen MR) is 382 cm³/mol. The fraction of sp³-hybridized carbons (Fsp3) is 0.938. The maximum atomic E-state index is 15.4. The Hall–Kier alpha value is -2.03. The van der Waals surface area contributed by atoms with Gasteiger partial charge in [0, 0.05) is 31.0 Å². The van der Waals surface area contributed by atoms with Crippen LogP contribution in [0.2, 0.25) is 0 Å². The van der Waals surface area contributed by atoms with Crippen LogP contribution < -0.4 is 0 Å². The molecule has 528 valence electrons. The molecule has 4 unspecified atom stereocenters. The van der Waals surface area contributed by atoms with Crippen LogP contribution in [0, 0.1) is 17.8 Å². The van der Waals surface area contributed by atoms with Crippen molar-refractivity contribution >= 4 is 17.8 Å². The van der Waals surface area contributed by atoms with Crippen LogP contribution in [0.3, 0.4) is 0 Å². The highest BCUT2D eigenvalue weighted by molar-refractivity contribution is 5.88. The normalized spacial score (nSPS) is 13.5. The third kappa shape index (κ3) is 54.0. The van der Waals surface area contributed by atoms with Gasteiger partial charge in [-0.2, -0.15) is 8.78 Å². The SMILES string of the molecule is CCCCCCCCCCC(CCCCC=C(CC(CCCCCC)CCCCCCCC)C(=O)OCC(CCCCCC)CCCCCCCC)N(CCCCCCC(F)(F)C(=O)OCC(CCCCCC)CCCCCCCC)C(=O)CCCN(C)C. The van der Waals surface area contributed by atoms with Crippen LogP contribution in [-0.2, 0) is 23.9 Å². The number of hydrogen-bond donors (Lipinski definition) is 0.